The predicted octanol–water partition coefficient (Wildman–Crippen LogP) is 6.43. The number of nitrogens with one attached hydrogen (secondary N) is 1. The highest BCUT2D eigenvalue weighted by atomic mass is 19.4. The maximum atomic E-state index is 13.2. The largest absolute Gasteiger partial charge is 0.493 e. The molecule has 2 aliphatic rings. The summed E-state index contributed by atoms with van der Waals surface area (Å²) in [5.74, 6) is 0.139. The molecule has 1 aliphatic heterocycles. The lowest BCUT2D eigenvalue weighted by molar-refractivity contribution is -0.137. The number of nitrogens with zero attached hydrogens (tertiary/aromatic N) is 1. The van der Waals surface area contributed by atoms with Gasteiger partial charge in [0.1, 0.15) is 5.75 Å². The van der Waals surface area contributed by atoms with E-state index in [9.17, 15) is 18.0 Å². The van der Waals surface area contributed by atoms with E-state index in [2.05, 4.69) is 40.5 Å². The molecule has 1 aliphatic carbocycles. The number of fused-ring (bicyclic) bond motifs is 1. The average molecular weight is 511 g/mol. The van der Waals surface area contributed by atoms with Crippen LogP contribution in [-0.2, 0) is 17.5 Å². The molecule has 7 heteroatoms. The molecule has 1 heterocycles. The summed E-state index contributed by atoms with van der Waals surface area (Å²) < 4.78 is 45.2. The Morgan fingerprint density at radius 1 is 0.946 bits per heavy atom. The maximum Gasteiger partial charge on any atom is 0.416 e. The second-order valence-corrected chi connectivity index (χ2v) is 10.5. The standard InChI is InChI=1S/C30H33F3N2O2/c31-30(32,33)26-8-5-11-28(16-26)37-20-22-15-25(29(36)34-27-9-3-4-10-27)19-35(18-22)17-21-12-13-23-6-1-2-7-24(23)14-21/h1-2,5-8,11-14,16,22,25,27H,3-4,9-10,15,17-20H2,(H,34,36)/t22-,25+/m0/s1. The molecular weight excluding hydrogens is 477 g/mol. The minimum absolute atomic E-state index is 0.0306. The molecule has 196 valence electrons. The molecule has 1 saturated heterocycles. The minimum Gasteiger partial charge on any atom is -0.493 e. The predicted molar refractivity (Wildman–Crippen MR) is 138 cm³/mol. The van der Waals surface area contributed by atoms with Crippen molar-refractivity contribution in [2.24, 2.45) is 11.8 Å². The summed E-state index contributed by atoms with van der Waals surface area (Å²) >= 11 is 0. The summed E-state index contributed by atoms with van der Waals surface area (Å²) in [4.78, 5) is 15.5. The summed E-state index contributed by atoms with van der Waals surface area (Å²) in [7, 11) is 0. The molecule has 5 rings (SSSR count). The van der Waals surface area contributed by atoms with Gasteiger partial charge in [-0.3, -0.25) is 9.69 Å². The van der Waals surface area contributed by atoms with Gasteiger partial charge in [0.15, 0.2) is 0 Å². The van der Waals surface area contributed by atoms with E-state index in [1.54, 1.807) is 6.07 Å². The number of benzene rings is 3. The Kier molecular flexibility index (Phi) is 7.70. The van der Waals surface area contributed by atoms with Crippen LogP contribution in [0.4, 0.5) is 13.2 Å². The minimum atomic E-state index is -4.41. The van der Waals surface area contributed by atoms with Crippen LogP contribution in [0.25, 0.3) is 10.8 Å². The normalized spacial score (nSPS) is 21.3. The van der Waals surface area contributed by atoms with Gasteiger partial charge in [-0.2, -0.15) is 13.2 Å². The Morgan fingerprint density at radius 3 is 2.51 bits per heavy atom. The van der Waals surface area contributed by atoms with Gasteiger partial charge in [-0.15, -0.1) is 0 Å². The first kappa shape index (κ1) is 25.6. The summed E-state index contributed by atoms with van der Waals surface area (Å²) in [5, 5.41) is 5.61. The zero-order valence-corrected chi connectivity index (χ0v) is 20.8. The summed E-state index contributed by atoms with van der Waals surface area (Å²) in [6, 6.07) is 19.9. The zero-order chi connectivity index (χ0) is 25.8. The van der Waals surface area contributed by atoms with Gasteiger partial charge in [-0.05, 0) is 59.9 Å². The molecule has 1 amide bonds. The number of carbonyl (C=O) groups excluding carboxylic acids is 1. The van der Waals surface area contributed by atoms with Crippen molar-refractivity contribution < 1.29 is 22.7 Å². The first-order chi connectivity index (χ1) is 17.8. The highest BCUT2D eigenvalue weighted by Gasteiger charge is 2.34. The van der Waals surface area contributed by atoms with Gasteiger partial charge >= 0.3 is 6.18 Å². The number of piperidine rings is 1. The number of rotatable bonds is 7. The fourth-order valence-corrected chi connectivity index (χ4v) is 5.70. The van der Waals surface area contributed by atoms with Crippen molar-refractivity contribution in [2.75, 3.05) is 19.7 Å². The highest BCUT2D eigenvalue weighted by molar-refractivity contribution is 5.83. The van der Waals surface area contributed by atoms with E-state index in [0.717, 1.165) is 44.4 Å². The van der Waals surface area contributed by atoms with Gasteiger partial charge in [0.25, 0.3) is 0 Å². The molecule has 0 bridgehead atoms. The van der Waals surface area contributed by atoms with Gasteiger partial charge in [-0.25, -0.2) is 0 Å². The van der Waals surface area contributed by atoms with E-state index in [0.29, 0.717) is 19.5 Å². The van der Waals surface area contributed by atoms with Crippen LogP contribution in [0.1, 0.15) is 43.2 Å². The van der Waals surface area contributed by atoms with Crippen LogP contribution in [-0.4, -0.2) is 36.5 Å². The number of ether oxygens (including phenoxy) is 1. The van der Waals surface area contributed by atoms with Crippen LogP contribution in [0.5, 0.6) is 5.75 Å². The van der Waals surface area contributed by atoms with Gasteiger partial charge in [0, 0.05) is 31.6 Å². The molecule has 37 heavy (non-hydrogen) atoms. The molecule has 0 unspecified atom stereocenters. The molecule has 3 aromatic carbocycles. The monoisotopic (exact) mass is 510 g/mol. The number of hydrogen-bond acceptors (Lipinski definition) is 3. The van der Waals surface area contributed by atoms with Crippen molar-refractivity contribution in [3.05, 3.63) is 77.9 Å². The van der Waals surface area contributed by atoms with Crippen molar-refractivity contribution in [3.63, 3.8) is 0 Å². The van der Waals surface area contributed by atoms with Crippen LogP contribution in [0.15, 0.2) is 66.7 Å². The van der Waals surface area contributed by atoms with E-state index in [1.807, 2.05) is 12.1 Å². The Bertz CT molecular complexity index is 1220. The van der Waals surface area contributed by atoms with E-state index < -0.39 is 11.7 Å². The fraction of sp³-hybridized carbons (Fsp3) is 0.433. The smallest absolute Gasteiger partial charge is 0.416 e. The number of halogens is 3. The third kappa shape index (κ3) is 6.63. The third-order valence-electron chi connectivity index (χ3n) is 7.55. The zero-order valence-electron chi connectivity index (χ0n) is 20.8. The molecule has 4 nitrogen and oxygen atoms in total. The Balaban J connectivity index is 1.29. The van der Waals surface area contributed by atoms with E-state index in [1.165, 1.54) is 22.4 Å². The Morgan fingerprint density at radius 2 is 1.73 bits per heavy atom. The molecule has 0 spiro atoms. The second-order valence-electron chi connectivity index (χ2n) is 10.5. The summed E-state index contributed by atoms with van der Waals surface area (Å²) in [6.45, 7) is 2.35. The lowest BCUT2D eigenvalue weighted by atomic mass is 9.88. The van der Waals surface area contributed by atoms with Crippen molar-refractivity contribution >= 4 is 16.7 Å². The number of hydrogen-bond donors (Lipinski definition) is 1. The Labute approximate surface area is 215 Å². The SMILES string of the molecule is O=C(NC1CCCC1)[C@@H]1C[C@H](COc2cccc(C(F)(F)F)c2)CN(Cc2ccc3ccccc3c2)C1. The first-order valence-corrected chi connectivity index (χ1v) is 13.1. The molecule has 1 saturated carbocycles. The lowest BCUT2D eigenvalue weighted by Crippen LogP contribution is -2.48. The van der Waals surface area contributed by atoms with Gasteiger partial charge in [-0.1, -0.05) is 55.3 Å². The summed E-state index contributed by atoms with van der Waals surface area (Å²) in [5.41, 5.74) is 0.452. The van der Waals surface area contributed by atoms with E-state index in [4.69, 9.17) is 4.74 Å². The van der Waals surface area contributed by atoms with Crippen LogP contribution in [0, 0.1) is 11.8 Å². The second kappa shape index (κ2) is 11.1. The maximum absolute atomic E-state index is 13.2. The van der Waals surface area contributed by atoms with Gasteiger partial charge < -0.3 is 10.1 Å². The quantitative estimate of drug-likeness (QED) is 0.398. The van der Waals surface area contributed by atoms with Gasteiger partial charge in [0.2, 0.25) is 5.91 Å². The number of alkyl halides is 3. The molecule has 0 radical (unpaired) electrons. The van der Waals surface area contributed by atoms with E-state index >= 15 is 0 Å². The van der Waals surface area contributed by atoms with Crippen LogP contribution < -0.4 is 10.1 Å². The van der Waals surface area contributed by atoms with E-state index in [-0.39, 0.29) is 36.1 Å². The number of amides is 1. The molecule has 2 fully saturated rings. The van der Waals surface area contributed by atoms with Crippen LogP contribution >= 0.6 is 0 Å². The number of carbonyl (C=O) groups is 1. The summed E-state index contributed by atoms with van der Waals surface area (Å²) in [6.07, 6.45) is 0.604. The topological polar surface area (TPSA) is 41.6 Å². The lowest BCUT2D eigenvalue weighted by Gasteiger charge is -2.37. The molecule has 0 aromatic heterocycles. The first-order valence-electron chi connectivity index (χ1n) is 13.1. The van der Waals surface area contributed by atoms with Crippen molar-refractivity contribution in [3.8, 4) is 5.75 Å². The van der Waals surface area contributed by atoms with Crippen LogP contribution in [0.3, 0.4) is 0 Å². The molecule has 2 atom stereocenters. The third-order valence-corrected chi connectivity index (χ3v) is 7.55. The van der Waals surface area contributed by atoms with Crippen LogP contribution in [0.2, 0.25) is 0 Å². The molecule has 3 aromatic rings. The average Bonchev–Trinajstić information content (AvgIpc) is 3.40. The molecular formula is C30H33F3N2O2. The van der Waals surface area contributed by atoms with Crippen molar-refractivity contribution in [2.45, 2.75) is 50.9 Å². The Hall–Kier alpha value is -3.06. The fourth-order valence-electron chi connectivity index (χ4n) is 5.70. The van der Waals surface area contributed by atoms with Crippen molar-refractivity contribution in [1.82, 2.24) is 10.2 Å². The number of likely N-dealkylation sites (tertiary alicyclic amines) is 1. The highest BCUT2D eigenvalue weighted by Crippen LogP contribution is 2.32. The van der Waals surface area contributed by atoms with Gasteiger partial charge in [0.05, 0.1) is 18.1 Å². The molecule has 1 N–H and O–H groups in total. The van der Waals surface area contributed by atoms with Crippen molar-refractivity contribution in [1.29, 1.82) is 0 Å².